The number of halogens is 1. The molecule has 1 fully saturated rings. The van der Waals surface area contributed by atoms with E-state index in [-0.39, 0.29) is 24.0 Å². The van der Waals surface area contributed by atoms with Crippen LogP contribution in [0.4, 0.5) is 0 Å². The van der Waals surface area contributed by atoms with Crippen LogP contribution in [-0.2, 0) is 9.47 Å². The number of ether oxygens (including phenoxy) is 2. The van der Waals surface area contributed by atoms with E-state index in [2.05, 4.69) is 48.7 Å². The van der Waals surface area contributed by atoms with Crippen LogP contribution in [0.25, 0.3) is 0 Å². The molecule has 0 saturated carbocycles. The van der Waals surface area contributed by atoms with Crippen LogP contribution < -0.4 is 10.6 Å². The molecule has 5 nitrogen and oxygen atoms in total. The number of hydrogen-bond acceptors (Lipinski definition) is 3. The first-order valence-corrected chi connectivity index (χ1v) is 9.06. The highest BCUT2D eigenvalue weighted by molar-refractivity contribution is 14.0. The fourth-order valence-electron chi connectivity index (χ4n) is 2.63. The Morgan fingerprint density at radius 3 is 2.80 bits per heavy atom. The van der Waals surface area contributed by atoms with Crippen molar-refractivity contribution in [2.45, 2.75) is 38.7 Å². The van der Waals surface area contributed by atoms with Gasteiger partial charge in [-0.1, -0.05) is 37.3 Å². The van der Waals surface area contributed by atoms with E-state index in [0.29, 0.717) is 12.0 Å². The maximum Gasteiger partial charge on any atom is 0.191 e. The summed E-state index contributed by atoms with van der Waals surface area (Å²) in [6, 6.07) is 10.5. The predicted octanol–water partition coefficient (Wildman–Crippen LogP) is 3.16. The monoisotopic (exact) mass is 461 g/mol. The molecule has 2 N–H and O–H groups in total. The second-order valence-corrected chi connectivity index (χ2v) is 6.17. The minimum absolute atomic E-state index is 0. The van der Waals surface area contributed by atoms with Crippen LogP contribution in [-0.4, -0.2) is 51.5 Å². The normalized spacial score (nSPS) is 18.5. The molecule has 1 aromatic carbocycles. The van der Waals surface area contributed by atoms with Gasteiger partial charge < -0.3 is 20.1 Å². The van der Waals surface area contributed by atoms with E-state index in [1.807, 2.05) is 6.07 Å². The van der Waals surface area contributed by atoms with Gasteiger partial charge in [0.1, 0.15) is 0 Å². The van der Waals surface area contributed by atoms with Crippen molar-refractivity contribution in [2.75, 3.05) is 39.5 Å². The highest BCUT2D eigenvalue weighted by Gasteiger charge is 2.15. The van der Waals surface area contributed by atoms with Gasteiger partial charge in [-0.2, -0.15) is 0 Å². The second-order valence-electron chi connectivity index (χ2n) is 6.17. The number of benzene rings is 1. The Balaban J connectivity index is 0.00000312. The molecule has 0 aliphatic carbocycles. The molecule has 0 amide bonds. The molecule has 1 aliphatic heterocycles. The Labute approximate surface area is 169 Å². The fraction of sp³-hybridized carbons (Fsp3) is 0.632. The van der Waals surface area contributed by atoms with Crippen LogP contribution in [0.3, 0.4) is 0 Å². The van der Waals surface area contributed by atoms with Crippen molar-refractivity contribution >= 4 is 29.9 Å². The fourth-order valence-corrected chi connectivity index (χ4v) is 2.63. The summed E-state index contributed by atoms with van der Waals surface area (Å²) in [5.41, 5.74) is 1.32. The van der Waals surface area contributed by atoms with Crippen LogP contribution in [0.5, 0.6) is 0 Å². The van der Waals surface area contributed by atoms with Gasteiger partial charge in [0.05, 0.1) is 12.7 Å². The van der Waals surface area contributed by atoms with E-state index in [9.17, 15) is 0 Å². The van der Waals surface area contributed by atoms with E-state index in [1.165, 1.54) is 5.56 Å². The summed E-state index contributed by atoms with van der Waals surface area (Å²) in [4.78, 5) is 4.70. The summed E-state index contributed by atoms with van der Waals surface area (Å²) in [5, 5.41) is 6.68. The van der Waals surface area contributed by atoms with Gasteiger partial charge in [0.25, 0.3) is 0 Å². The maximum absolute atomic E-state index is 5.78. The molecule has 6 heteroatoms. The van der Waals surface area contributed by atoms with E-state index >= 15 is 0 Å². The molecule has 1 saturated heterocycles. The third-order valence-corrected chi connectivity index (χ3v) is 4.09. The molecule has 2 atom stereocenters. The highest BCUT2D eigenvalue weighted by Crippen LogP contribution is 2.14. The van der Waals surface area contributed by atoms with Crippen molar-refractivity contribution in [3.63, 3.8) is 0 Å². The molecule has 2 rings (SSSR count). The molecule has 1 heterocycles. The number of guanidine groups is 1. The van der Waals surface area contributed by atoms with Gasteiger partial charge in [-0.15, -0.1) is 24.0 Å². The Bertz CT molecular complexity index is 479. The lowest BCUT2D eigenvalue weighted by Gasteiger charge is -2.14. The highest BCUT2D eigenvalue weighted by atomic mass is 127. The molecular formula is C19H32IN3O2. The SMILES string of the molecule is CCNC(=NCC(C)c1ccccc1)NCCCOC1CCOC1.I. The Morgan fingerprint density at radius 1 is 1.32 bits per heavy atom. The minimum atomic E-state index is 0. The van der Waals surface area contributed by atoms with Crippen molar-refractivity contribution in [1.29, 1.82) is 0 Å². The second kappa shape index (κ2) is 13.4. The molecule has 0 spiro atoms. The van der Waals surface area contributed by atoms with Gasteiger partial charge in [-0.25, -0.2) is 0 Å². The van der Waals surface area contributed by atoms with Gasteiger partial charge >= 0.3 is 0 Å². The number of nitrogens with one attached hydrogen (secondary N) is 2. The lowest BCUT2D eigenvalue weighted by molar-refractivity contribution is 0.0420. The average Bonchev–Trinajstić information content (AvgIpc) is 3.13. The van der Waals surface area contributed by atoms with Crippen molar-refractivity contribution in [1.82, 2.24) is 10.6 Å². The zero-order valence-electron chi connectivity index (χ0n) is 15.4. The summed E-state index contributed by atoms with van der Waals surface area (Å²) in [7, 11) is 0. The zero-order chi connectivity index (χ0) is 17.0. The molecule has 0 aromatic heterocycles. The van der Waals surface area contributed by atoms with E-state index in [0.717, 1.165) is 58.3 Å². The summed E-state index contributed by atoms with van der Waals surface area (Å²) >= 11 is 0. The predicted molar refractivity (Wildman–Crippen MR) is 114 cm³/mol. The van der Waals surface area contributed by atoms with Gasteiger partial charge in [0.2, 0.25) is 0 Å². The number of aliphatic imine (C=N–C) groups is 1. The average molecular weight is 461 g/mol. The minimum Gasteiger partial charge on any atom is -0.379 e. The zero-order valence-corrected chi connectivity index (χ0v) is 17.7. The molecule has 142 valence electrons. The topological polar surface area (TPSA) is 54.9 Å². The molecule has 1 aromatic rings. The number of rotatable bonds is 9. The van der Waals surface area contributed by atoms with Crippen molar-refractivity contribution in [3.8, 4) is 0 Å². The first-order chi connectivity index (χ1) is 11.8. The standard InChI is InChI=1S/C19H31N3O2.HI/c1-3-20-19(21-11-7-12-24-18-10-13-23-15-18)22-14-16(2)17-8-5-4-6-9-17;/h4-6,8-9,16,18H,3,7,10-15H2,1-2H3,(H2,20,21,22);1H. The molecular weight excluding hydrogens is 429 g/mol. The number of hydrogen-bond donors (Lipinski definition) is 2. The van der Waals surface area contributed by atoms with Crippen LogP contribution in [0.2, 0.25) is 0 Å². The molecule has 1 aliphatic rings. The quantitative estimate of drug-likeness (QED) is 0.257. The Hall–Kier alpha value is -0.860. The van der Waals surface area contributed by atoms with Gasteiger partial charge in [-0.3, -0.25) is 4.99 Å². The van der Waals surface area contributed by atoms with Gasteiger partial charge in [0.15, 0.2) is 5.96 Å². The summed E-state index contributed by atoms with van der Waals surface area (Å²) in [6.07, 6.45) is 2.28. The first-order valence-electron chi connectivity index (χ1n) is 9.06. The lowest BCUT2D eigenvalue weighted by Crippen LogP contribution is -2.38. The molecule has 25 heavy (non-hydrogen) atoms. The van der Waals surface area contributed by atoms with Crippen LogP contribution in [0.15, 0.2) is 35.3 Å². The van der Waals surface area contributed by atoms with Crippen LogP contribution in [0.1, 0.15) is 38.2 Å². The van der Waals surface area contributed by atoms with Crippen molar-refractivity contribution < 1.29 is 9.47 Å². The molecule has 0 bridgehead atoms. The van der Waals surface area contributed by atoms with Crippen molar-refractivity contribution in [2.24, 2.45) is 4.99 Å². The molecule has 2 unspecified atom stereocenters. The maximum atomic E-state index is 5.78. The van der Waals surface area contributed by atoms with Gasteiger partial charge in [-0.05, 0) is 25.3 Å². The first kappa shape index (κ1) is 22.2. The largest absolute Gasteiger partial charge is 0.379 e. The van der Waals surface area contributed by atoms with E-state index in [4.69, 9.17) is 14.5 Å². The third kappa shape index (κ3) is 8.87. The summed E-state index contributed by atoms with van der Waals surface area (Å²) < 4.78 is 11.1. The van der Waals surface area contributed by atoms with E-state index < -0.39 is 0 Å². The van der Waals surface area contributed by atoms with Crippen molar-refractivity contribution in [3.05, 3.63) is 35.9 Å². The summed E-state index contributed by atoms with van der Waals surface area (Å²) in [5.74, 6) is 1.29. The number of nitrogens with zero attached hydrogens (tertiary/aromatic N) is 1. The Morgan fingerprint density at radius 2 is 2.12 bits per heavy atom. The van der Waals surface area contributed by atoms with Crippen LogP contribution in [0, 0.1) is 0 Å². The van der Waals surface area contributed by atoms with Crippen LogP contribution >= 0.6 is 24.0 Å². The van der Waals surface area contributed by atoms with Gasteiger partial charge in [0, 0.05) is 38.8 Å². The molecule has 0 radical (unpaired) electrons. The van der Waals surface area contributed by atoms with E-state index in [1.54, 1.807) is 0 Å². The Kier molecular flexibility index (Phi) is 11.9. The summed E-state index contributed by atoms with van der Waals surface area (Å²) in [6.45, 7) is 9.13. The lowest BCUT2D eigenvalue weighted by atomic mass is 10.0. The smallest absolute Gasteiger partial charge is 0.191 e. The third-order valence-electron chi connectivity index (χ3n) is 4.09.